The first-order chi connectivity index (χ1) is 12.5. The predicted molar refractivity (Wildman–Crippen MR) is 89.9 cm³/mol. The Hall–Kier alpha value is -3.00. The zero-order valence-electron chi connectivity index (χ0n) is 13.9. The molecule has 0 heterocycles. The highest BCUT2D eigenvalue weighted by Gasteiger charge is 2.16. The Balaban J connectivity index is 2.14. The second-order valence-corrected chi connectivity index (χ2v) is 5.21. The van der Waals surface area contributed by atoms with Crippen LogP contribution < -0.4 is 15.4 Å². The summed E-state index contributed by atoms with van der Waals surface area (Å²) in [5.74, 6) is -0.519. The van der Waals surface area contributed by atoms with Gasteiger partial charge in [0, 0.05) is 0 Å². The summed E-state index contributed by atoms with van der Waals surface area (Å²) in [6.45, 7) is -3.05. The Kier molecular flexibility index (Phi) is 7.04. The van der Waals surface area contributed by atoms with Crippen molar-refractivity contribution in [3.05, 3.63) is 65.7 Å². The number of carbonyl (C=O) groups excluding carboxylic acids is 2. The third kappa shape index (κ3) is 5.82. The van der Waals surface area contributed by atoms with Gasteiger partial charge >= 0.3 is 12.7 Å². The molecule has 26 heavy (non-hydrogen) atoms. The minimum absolute atomic E-state index is 0.0407. The van der Waals surface area contributed by atoms with E-state index in [0.29, 0.717) is 0 Å². The van der Waals surface area contributed by atoms with Crippen molar-refractivity contribution in [2.45, 2.75) is 12.7 Å². The highest BCUT2D eigenvalue weighted by atomic mass is 19.3. The highest BCUT2D eigenvalue weighted by Crippen LogP contribution is 2.24. The number of ether oxygens (including phenoxy) is 2. The molecule has 0 bridgehead atoms. The van der Waals surface area contributed by atoms with Crippen molar-refractivity contribution in [1.82, 2.24) is 10.6 Å². The molecule has 0 aliphatic heterocycles. The Morgan fingerprint density at radius 3 is 2.19 bits per heavy atom. The van der Waals surface area contributed by atoms with Gasteiger partial charge in [-0.2, -0.15) is 8.78 Å². The lowest BCUT2D eigenvalue weighted by Crippen LogP contribution is -2.39. The van der Waals surface area contributed by atoms with Gasteiger partial charge in [-0.25, -0.2) is 4.79 Å². The molecule has 0 aliphatic carbocycles. The number of imide groups is 1. The van der Waals surface area contributed by atoms with Crippen molar-refractivity contribution in [2.75, 3.05) is 13.7 Å². The number of carbonyl (C=O) groups is 2. The van der Waals surface area contributed by atoms with Crippen LogP contribution in [-0.2, 0) is 9.53 Å². The lowest BCUT2D eigenvalue weighted by Gasteiger charge is -2.20. The Morgan fingerprint density at radius 2 is 1.62 bits per heavy atom. The van der Waals surface area contributed by atoms with E-state index in [-0.39, 0.29) is 18.3 Å². The SMILES string of the molecule is COC(=O)NC(=O)CN[C@@H](c1ccccc1)c1ccc(OC(F)F)cc1. The van der Waals surface area contributed by atoms with Crippen LogP contribution in [0.1, 0.15) is 17.2 Å². The maximum atomic E-state index is 12.3. The van der Waals surface area contributed by atoms with Crippen LogP contribution in [0.5, 0.6) is 5.75 Å². The summed E-state index contributed by atoms with van der Waals surface area (Å²) in [4.78, 5) is 22.9. The van der Waals surface area contributed by atoms with E-state index in [1.807, 2.05) is 30.3 Å². The Bertz CT molecular complexity index is 724. The Labute approximate surface area is 149 Å². The van der Waals surface area contributed by atoms with Gasteiger partial charge in [0.05, 0.1) is 19.7 Å². The van der Waals surface area contributed by atoms with Crippen LogP contribution >= 0.6 is 0 Å². The van der Waals surface area contributed by atoms with Gasteiger partial charge in [0.1, 0.15) is 5.75 Å². The maximum absolute atomic E-state index is 12.3. The zero-order valence-corrected chi connectivity index (χ0v) is 13.9. The first-order valence-electron chi connectivity index (χ1n) is 7.70. The molecule has 8 heteroatoms. The monoisotopic (exact) mass is 364 g/mol. The van der Waals surface area contributed by atoms with Crippen molar-refractivity contribution in [1.29, 1.82) is 0 Å². The molecule has 0 saturated heterocycles. The van der Waals surface area contributed by atoms with Crippen LogP contribution in [-0.4, -0.2) is 32.3 Å². The first-order valence-corrected chi connectivity index (χ1v) is 7.70. The summed E-state index contributed by atoms with van der Waals surface area (Å²) < 4.78 is 33.2. The Morgan fingerprint density at radius 1 is 1.00 bits per heavy atom. The zero-order chi connectivity index (χ0) is 18.9. The molecule has 1 atom stereocenters. The van der Waals surface area contributed by atoms with Gasteiger partial charge in [0.2, 0.25) is 5.91 Å². The van der Waals surface area contributed by atoms with Crippen LogP contribution in [0.15, 0.2) is 54.6 Å². The quantitative estimate of drug-likeness (QED) is 0.790. The van der Waals surface area contributed by atoms with E-state index in [1.54, 1.807) is 12.1 Å². The number of hydrogen-bond donors (Lipinski definition) is 2. The van der Waals surface area contributed by atoms with E-state index in [9.17, 15) is 18.4 Å². The van der Waals surface area contributed by atoms with E-state index >= 15 is 0 Å². The van der Waals surface area contributed by atoms with Gasteiger partial charge in [0.15, 0.2) is 0 Å². The largest absolute Gasteiger partial charge is 0.453 e. The molecule has 0 aromatic heterocycles. The fourth-order valence-electron chi connectivity index (χ4n) is 2.32. The molecule has 0 radical (unpaired) electrons. The van der Waals surface area contributed by atoms with Crippen LogP contribution in [0.3, 0.4) is 0 Å². The third-order valence-electron chi connectivity index (χ3n) is 3.47. The maximum Gasteiger partial charge on any atom is 0.413 e. The fourth-order valence-corrected chi connectivity index (χ4v) is 2.32. The second-order valence-electron chi connectivity index (χ2n) is 5.21. The summed E-state index contributed by atoms with van der Waals surface area (Å²) in [6.07, 6.45) is -0.846. The van der Waals surface area contributed by atoms with Crippen molar-refractivity contribution in [3.8, 4) is 5.75 Å². The molecule has 0 aliphatic rings. The molecule has 138 valence electrons. The second kappa shape index (κ2) is 9.47. The molecular weight excluding hydrogens is 346 g/mol. The minimum Gasteiger partial charge on any atom is -0.453 e. The number of alkyl halides is 2. The number of benzene rings is 2. The predicted octanol–water partition coefficient (Wildman–Crippen LogP) is 2.85. The number of hydrogen-bond acceptors (Lipinski definition) is 5. The standard InChI is InChI=1S/C18H18F2N2O4/c1-25-18(24)22-15(23)11-21-16(12-5-3-2-4-6-12)13-7-9-14(10-8-13)26-17(19)20/h2-10,16-17,21H,11H2,1H3,(H,22,23,24)/t16-/m0/s1. The molecule has 0 fully saturated rings. The summed E-state index contributed by atoms with van der Waals surface area (Å²) in [6, 6.07) is 15.0. The first kappa shape index (κ1) is 19.3. The normalized spacial score (nSPS) is 11.7. The molecule has 2 rings (SSSR count). The summed E-state index contributed by atoms with van der Waals surface area (Å²) >= 11 is 0. The van der Waals surface area contributed by atoms with Gasteiger partial charge < -0.3 is 9.47 Å². The number of rotatable bonds is 7. The number of alkyl carbamates (subject to hydrolysis) is 1. The van der Waals surface area contributed by atoms with Crippen LogP contribution in [0, 0.1) is 0 Å². The highest BCUT2D eigenvalue weighted by molar-refractivity contribution is 5.92. The lowest BCUT2D eigenvalue weighted by atomic mass is 9.98. The summed E-state index contributed by atoms with van der Waals surface area (Å²) in [7, 11) is 1.16. The van der Waals surface area contributed by atoms with E-state index < -0.39 is 18.6 Å². The number of amides is 2. The smallest absolute Gasteiger partial charge is 0.413 e. The molecule has 2 N–H and O–H groups in total. The van der Waals surface area contributed by atoms with Crippen LogP contribution in [0.2, 0.25) is 0 Å². The average molecular weight is 364 g/mol. The summed E-state index contributed by atoms with van der Waals surface area (Å²) in [5, 5.41) is 5.09. The van der Waals surface area contributed by atoms with Gasteiger partial charge in [-0.1, -0.05) is 42.5 Å². The van der Waals surface area contributed by atoms with E-state index in [0.717, 1.165) is 18.2 Å². The van der Waals surface area contributed by atoms with Gasteiger partial charge in [-0.3, -0.25) is 15.4 Å². The molecule has 0 unspecified atom stereocenters. The molecule has 2 aromatic carbocycles. The topological polar surface area (TPSA) is 76.7 Å². The van der Waals surface area contributed by atoms with E-state index in [2.05, 4.69) is 20.1 Å². The van der Waals surface area contributed by atoms with Crippen LogP contribution in [0.4, 0.5) is 13.6 Å². The van der Waals surface area contributed by atoms with Gasteiger partial charge in [-0.15, -0.1) is 0 Å². The summed E-state index contributed by atoms with van der Waals surface area (Å²) in [5.41, 5.74) is 1.60. The molecule has 0 saturated carbocycles. The number of halogens is 2. The molecular formula is C18H18F2N2O4. The third-order valence-corrected chi connectivity index (χ3v) is 3.47. The molecule has 2 aromatic rings. The van der Waals surface area contributed by atoms with Crippen molar-refractivity contribution in [3.63, 3.8) is 0 Å². The van der Waals surface area contributed by atoms with Crippen molar-refractivity contribution >= 4 is 12.0 Å². The molecule has 2 amide bonds. The van der Waals surface area contributed by atoms with E-state index in [4.69, 9.17) is 0 Å². The fraction of sp³-hybridized carbons (Fsp3) is 0.222. The van der Waals surface area contributed by atoms with Crippen LogP contribution in [0.25, 0.3) is 0 Å². The van der Waals surface area contributed by atoms with Gasteiger partial charge in [-0.05, 0) is 23.3 Å². The molecule has 0 spiro atoms. The number of nitrogens with one attached hydrogen (secondary N) is 2. The lowest BCUT2D eigenvalue weighted by molar-refractivity contribution is -0.119. The number of methoxy groups -OCH3 is 1. The van der Waals surface area contributed by atoms with Gasteiger partial charge in [0.25, 0.3) is 0 Å². The van der Waals surface area contributed by atoms with Crippen molar-refractivity contribution in [2.24, 2.45) is 0 Å². The van der Waals surface area contributed by atoms with Crippen molar-refractivity contribution < 1.29 is 27.8 Å². The van der Waals surface area contributed by atoms with E-state index in [1.165, 1.54) is 12.1 Å². The minimum atomic E-state index is -2.90. The molecule has 6 nitrogen and oxygen atoms in total. The average Bonchev–Trinajstić information content (AvgIpc) is 2.63.